The van der Waals surface area contributed by atoms with Crippen LogP contribution in [0.3, 0.4) is 0 Å². The number of carbonyl (C=O) groups is 1. The van der Waals surface area contributed by atoms with Gasteiger partial charge in [-0.1, -0.05) is 5.16 Å². The molecule has 4 nitrogen and oxygen atoms in total. The van der Waals surface area contributed by atoms with E-state index in [0.29, 0.717) is 5.92 Å². The minimum Gasteiger partial charge on any atom is -0.392 e. The van der Waals surface area contributed by atoms with Crippen molar-refractivity contribution in [1.82, 2.24) is 4.90 Å². The van der Waals surface area contributed by atoms with Gasteiger partial charge in [0.1, 0.15) is 6.10 Å². The van der Waals surface area contributed by atoms with Crippen LogP contribution in [-0.2, 0) is 9.63 Å². The van der Waals surface area contributed by atoms with E-state index in [1.54, 1.807) is 6.92 Å². The average molecular weight is 196 g/mol. The van der Waals surface area contributed by atoms with Gasteiger partial charge in [0.15, 0.2) is 0 Å². The molecule has 2 heterocycles. The molecule has 0 unspecified atom stereocenters. The zero-order valence-corrected chi connectivity index (χ0v) is 8.48. The number of rotatable bonds is 1. The molecule has 0 aromatic rings. The van der Waals surface area contributed by atoms with E-state index in [9.17, 15) is 4.79 Å². The summed E-state index contributed by atoms with van der Waals surface area (Å²) in [6.07, 6.45) is 5.14. The molecule has 0 N–H and O–H groups in total. The quantitative estimate of drug-likeness (QED) is 0.628. The van der Waals surface area contributed by atoms with Crippen molar-refractivity contribution in [1.29, 1.82) is 0 Å². The molecule has 2 aliphatic rings. The SMILES string of the molecule is CC(=O)N1CCC([C@@H]2CC=NO2)CC1. The molecule has 0 spiro atoms. The maximum atomic E-state index is 11.1. The van der Waals surface area contributed by atoms with E-state index in [0.717, 1.165) is 32.4 Å². The van der Waals surface area contributed by atoms with Gasteiger partial charge in [-0.3, -0.25) is 4.79 Å². The van der Waals surface area contributed by atoms with Crippen LogP contribution in [0.4, 0.5) is 0 Å². The summed E-state index contributed by atoms with van der Waals surface area (Å²) in [6, 6.07) is 0. The fourth-order valence-corrected chi connectivity index (χ4v) is 2.18. The van der Waals surface area contributed by atoms with Crippen LogP contribution in [0, 0.1) is 5.92 Å². The molecule has 0 aliphatic carbocycles. The lowest BCUT2D eigenvalue weighted by molar-refractivity contribution is -0.130. The number of oxime groups is 1. The molecular weight excluding hydrogens is 180 g/mol. The van der Waals surface area contributed by atoms with E-state index in [4.69, 9.17) is 4.84 Å². The molecule has 4 heteroatoms. The molecule has 1 atom stereocenters. The third-order valence-corrected chi connectivity index (χ3v) is 3.12. The van der Waals surface area contributed by atoms with Gasteiger partial charge in [-0.25, -0.2) is 0 Å². The van der Waals surface area contributed by atoms with E-state index in [1.807, 2.05) is 11.1 Å². The number of nitrogens with zero attached hydrogens (tertiary/aromatic N) is 2. The minimum absolute atomic E-state index is 0.187. The zero-order valence-electron chi connectivity index (χ0n) is 8.48. The minimum atomic E-state index is 0.187. The summed E-state index contributed by atoms with van der Waals surface area (Å²) in [6.45, 7) is 3.38. The molecule has 0 bridgehead atoms. The number of piperidine rings is 1. The zero-order chi connectivity index (χ0) is 9.97. The van der Waals surface area contributed by atoms with Crippen LogP contribution >= 0.6 is 0 Å². The summed E-state index contributed by atoms with van der Waals surface area (Å²) in [4.78, 5) is 18.3. The highest BCUT2D eigenvalue weighted by atomic mass is 16.6. The molecule has 2 aliphatic heterocycles. The molecular formula is C10H16N2O2. The highest BCUT2D eigenvalue weighted by Gasteiger charge is 2.29. The van der Waals surface area contributed by atoms with E-state index >= 15 is 0 Å². The summed E-state index contributed by atoms with van der Waals surface area (Å²) in [5, 5.41) is 3.79. The standard InChI is InChI=1S/C10H16N2O2/c1-8(13)12-6-3-9(4-7-12)10-2-5-11-14-10/h5,9-10H,2-4,6-7H2,1H3/t10-/m0/s1. The van der Waals surface area contributed by atoms with Gasteiger partial charge in [0.05, 0.1) is 0 Å². The fraction of sp³-hybridized carbons (Fsp3) is 0.800. The smallest absolute Gasteiger partial charge is 0.219 e. The largest absolute Gasteiger partial charge is 0.392 e. The van der Waals surface area contributed by atoms with Gasteiger partial charge in [-0.05, 0) is 12.8 Å². The molecule has 1 amide bonds. The Morgan fingerprint density at radius 2 is 2.21 bits per heavy atom. The second-order valence-corrected chi connectivity index (χ2v) is 4.01. The van der Waals surface area contributed by atoms with Crippen molar-refractivity contribution in [2.45, 2.75) is 32.3 Å². The summed E-state index contributed by atoms with van der Waals surface area (Å²) < 4.78 is 0. The molecule has 78 valence electrons. The van der Waals surface area contributed by atoms with Crippen molar-refractivity contribution in [3.8, 4) is 0 Å². The Hall–Kier alpha value is -1.06. The predicted octanol–water partition coefficient (Wildman–Crippen LogP) is 1.02. The first-order chi connectivity index (χ1) is 6.77. The van der Waals surface area contributed by atoms with Crippen molar-refractivity contribution in [2.24, 2.45) is 11.1 Å². The first-order valence-electron chi connectivity index (χ1n) is 5.20. The van der Waals surface area contributed by atoms with Crippen molar-refractivity contribution in [3.05, 3.63) is 0 Å². The summed E-state index contributed by atoms with van der Waals surface area (Å²) >= 11 is 0. The summed E-state index contributed by atoms with van der Waals surface area (Å²) in [5.74, 6) is 0.764. The third kappa shape index (κ3) is 1.89. The van der Waals surface area contributed by atoms with Crippen LogP contribution in [0.2, 0.25) is 0 Å². The van der Waals surface area contributed by atoms with Gasteiger partial charge in [-0.15, -0.1) is 0 Å². The Balaban J connectivity index is 1.81. The molecule has 0 aromatic carbocycles. The molecule has 0 saturated carbocycles. The lowest BCUT2D eigenvalue weighted by Crippen LogP contribution is -2.40. The first-order valence-corrected chi connectivity index (χ1v) is 5.20. The maximum absolute atomic E-state index is 11.1. The van der Waals surface area contributed by atoms with Crippen molar-refractivity contribution < 1.29 is 9.63 Å². The van der Waals surface area contributed by atoms with Gasteiger partial charge in [0, 0.05) is 38.6 Å². The van der Waals surface area contributed by atoms with Crippen molar-refractivity contribution >= 4 is 12.1 Å². The van der Waals surface area contributed by atoms with Gasteiger partial charge in [0.2, 0.25) is 5.91 Å². The Labute approximate surface area is 83.9 Å². The lowest BCUT2D eigenvalue weighted by Gasteiger charge is -2.33. The summed E-state index contributed by atoms with van der Waals surface area (Å²) in [5.41, 5.74) is 0. The van der Waals surface area contributed by atoms with Crippen LogP contribution < -0.4 is 0 Å². The van der Waals surface area contributed by atoms with E-state index < -0.39 is 0 Å². The Morgan fingerprint density at radius 3 is 2.71 bits per heavy atom. The van der Waals surface area contributed by atoms with Crippen LogP contribution in [0.15, 0.2) is 5.16 Å². The molecule has 1 saturated heterocycles. The normalized spacial score (nSPS) is 27.8. The number of likely N-dealkylation sites (tertiary alicyclic amines) is 1. The highest BCUT2D eigenvalue weighted by molar-refractivity contribution is 5.73. The van der Waals surface area contributed by atoms with Crippen LogP contribution in [-0.4, -0.2) is 36.2 Å². The second-order valence-electron chi connectivity index (χ2n) is 4.01. The van der Waals surface area contributed by atoms with Crippen molar-refractivity contribution in [2.75, 3.05) is 13.1 Å². The Kier molecular flexibility index (Phi) is 2.70. The molecule has 14 heavy (non-hydrogen) atoms. The van der Waals surface area contributed by atoms with Crippen LogP contribution in [0.5, 0.6) is 0 Å². The number of hydrogen-bond donors (Lipinski definition) is 0. The number of amides is 1. The number of carbonyl (C=O) groups excluding carboxylic acids is 1. The van der Waals surface area contributed by atoms with E-state index in [1.165, 1.54) is 0 Å². The molecule has 2 rings (SSSR count). The first kappa shape index (κ1) is 9.49. The maximum Gasteiger partial charge on any atom is 0.219 e. The second kappa shape index (κ2) is 3.98. The third-order valence-electron chi connectivity index (χ3n) is 3.12. The molecule has 0 radical (unpaired) electrons. The van der Waals surface area contributed by atoms with Gasteiger partial charge in [0.25, 0.3) is 0 Å². The monoisotopic (exact) mass is 196 g/mol. The summed E-state index contributed by atoms with van der Waals surface area (Å²) in [7, 11) is 0. The van der Waals surface area contributed by atoms with Crippen LogP contribution in [0.25, 0.3) is 0 Å². The molecule has 0 aromatic heterocycles. The van der Waals surface area contributed by atoms with Gasteiger partial charge >= 0.3 is 0 Å². The van der Waals surface area contributed by atoms with Crippen molar-refractivity contribution in [3.63, 3.8) is 0 Å². The van der Waals surface area contributed by atoms with E-state index in [2.05, 4.69) is 5.16 Å². The lowest BCUT2D eigenvalue weighted by atomic mass is 9.90. The van der Waals surface area contributed by atoms with Gasteiger partial charge in [-0.2, -0.15) is 0 Å². The van der Waals surface area contributed by atoms with E-state index in [-0.39, 0.29) is 12.0 Å². The topological polar surface area (TPSA) is 41.9 Å². The Morgan fingerprint density at radius 1 is 1.50 bits per heavy atom. The van der Waals surface area contributed by atoms with Gasteiger partial charge < -0.3 is 9.74 Å². The fourth-order valence-electron chi connectivity index (χ4n) is 2.18. The van der Waals surface area contributed by atoms with Crippen LogP contribution in [0.1, 0.15) is 26.2 Å². The highest BCUT2D eigenvalue weighted by Crippen LogP contribution is 2.26. The number of hydrogen-bond acceptors (Lipinski definition) is 3. The predicted molar refractivity (Wildman–Crippen MR) is 53.0 cm³/mol. The molecule has 1 fully saturated rings. The Bertz CT molecular complexity index is 237. The average Bonchev–Trinajstić information content (AvgIpc) is 2.71.